The Kier molecular flexibility index (Phi) is 2.78. The van der Waals surface area contributed by atoms with Crippen LogP contribution in [0.4, 0.5) is 4.39 Å². The Morgan fingerprint density at radius 3 is 2.67 bits per heavy atom. The van der Waals surface area contributed by atoms with Crippen molar-refractivity contribution in [1.29, 1.82) is 0 Å². The van der Waals surface area contributed by atoms with Gasteiger partial charge in [-0.25, -0.2) is 4.39 Å². The molecule has 15 heavy (non-hydrogen) atoms. The third-order valence-electron chi connectivity index (χ3n) is 2.62. The molecule has 1 aliphatic rings. The second kappa shape index (κ2) is 3.93. The van der Waals surface area contributed by atoms with Gasteiger partial charge in [0.1, 0.15) is 5.82 Å². The van der Waals surface area contributed by atoms with Crippen LogP contribution < -0.4 is 0 Å². The van der Waals surface area contributed by atoms with Crippen molar-refractivity contribution in [2.24, 2.45) is 0 Å². The van der Waals surface area contributed by atoms with E-state index in [1.54, 1.807) is 17.9 Å². The molecule has 1 heterocycles. The van der Waals surface area contributed by atoms with Gasteiger partial charge in [0, 0.05) is 17.6 Å². The SMILES string of the molecule is Cc1cc(F)c(C(=O)N2CCC2)cc1Br. The first-order valence-electron chi connectivity index (χ1n) is 4.84. The van der Waals surface area contributed by atoms with Gasteiger partial charge in [0.05, 0.1) is 5.56 Å². The summed E-state index contributed by atoms with van der Waals surface area (Å²) in [6, 6.07) is 2.95. The first kappa shape index (κ1) is 10.6. The van der Waals surface area contributed by atoms with E-state index in [1.807, 2.05) is 0 Å². The van der Waals surface area contributed by atoms with E-state index in [1.165, 1.54) is 6.07 Å². The lowest BCUT2D eigenvalue weighted by Crippen LogP contribution is -2.42. The molecule has 0 aromatic heterocycles. The predicted molar refractivity (Wildman–Crippen MR) is 59.4 cm³/mol. The average molecular weight is 272 g/mol. The largest absolute Gasteiger partial charge is 0.338 e. The molecule has 0 spiro atoms. The summed E-state index contributed by atoms with van der Waals surface area (Å²) in [5.74, 6) is -0.646. The van der Waals surface area contributed by atoms with E-state index >= 15 is 0 Å². The summed E-state index contributed by atoms with van der Waals surface area (Å²) in [7, 11) is 0. The summed E-state index contributed by atoms with van der Waals surface area (Å²) in [6.07, 6.45) is 1.01. The maximum absolute atomic E-state index is 13.5. The number of aryl methyl sites for hydroxylation is 1. The Morgan fingerprint density at radius 1 is 1.47 bits per heavy atom. The molecule has 1 amide bonds. The van der Waals surface area contributed by atoms with Crippen molar-refractivity contribution >= 4 is 21.8 Å². The minimum atomic E-state index is -0.437. The van der Waals surface area contributed by atoms with Crippen LogP contribution in [-0.4, -0.2) is 23.9 Å². The molecule has 0 saturated carbocycles. The number of carbonyl (C=O) groups excluding carboxylic acids is 1. The van der Waals surface area contributed by atoms with E-state index in [0.717, 1.165) is 29.5 Å². The molecule has 1 fully saturated rings. The number of carbonyl (C=O) groups is 1. The number of likely N-dealkylation sites (tertiary alicyclic amines) is 1. The molecule has 0 N–H and O–H groups in total. The van der Waals surface area contributed by atoms with Crippen LogP contribution in [0, 0.1) is 12.7 Å². The molecule has 2 nitrogen and oxygen atoms in total. The molecule has 0 radical (unpaired) electrons. The highest BCUT2D eigenvalue weighted by atomic mass is 79.9. The Labute approximate surface area is 96.2 Å². The van der Waals surface area contributed by atoms with Gasteiger partial charge in [0.2, 0.25) is 0 Å². The van der Waals surface area contributed by atoms with E-state index in [0.29, 0.717) is 0 Å². The van der Waals surface area contributed by atoms with Gasteiger partial charge in [-0.15, -0.1) is 0 Å². The summed E-state index contributed by atoms with van der Waals surface area (Å²) in [5, 5.41) is 0. The number of rotatable bonds is 1. The molecule has 1 aromatic rings. The lowest BCUT2D eigenvalue weighted by atomic mass is 10.1. The minimum Gasteiger partial charge on any atom is -0.338 e. The molecule has 1 aliphatic heterocycles. The van der Waals surface area contributed by atoms with Crippen molar-refractivity contribution in [2.75, 3.05) is 13.1 Å². The number of nitrogens with zero attached hydrogens (tertiary/aromatic N) is 1. The van der Waals surface area contributed by atoms with Crippen LogP contribution in [-0.2, 0) is 0 Å². The van der Waals surface area contributed by atoms with Crippen LogP contribution in [0.25, 0.3) is 0 Å². The molecule has 4 heteroatoms. The summed E-state index contributed by atoms with van der Waals surface area (Å²) < 4.78 is 14.3. The number of amides is 1. The fraction of sp³-hybridized carbons (Fsp3) is 0.364. The van der Waals surface area contributed by atoms with Gasteiger partial charge in [0.25, 0.3) is 5.91 Å². The van der Waals surface area contributed by atoms with Crippen LogP contribution in [0.3, 0.4) is 0 Å². The summed E-state index contributed by atoms with van der Waals surface area (Å²) in [6.45, 7) is 3.28. The predicted octanol–water partition coefficient (Wildman–Crippen LogP) is 2.74. The number of hydrogen-bond acceptors (Lipinski definition) is 1. The molecule has 0 bridgehead atoms. The van der Waals surface area contributed by atoms with Crippen LogP contribution in [0.1, 0.15) is 22.3 Å². The fourth-order valence-electron chi connectivity index (χ4n) is 1.50. The van der Waals surface area contributed by atoms with Gasteiger partial charge in [-0.2, -0.15) is 0 Å². The quantitative estimate of drug-likeness (QED) is 0.769. The molecule has 1 aromatic carbocycles. The van der Waals surface area contributed by atoms with Gasteiger partial charge in [-0.1, -0.05) is 15.9 Å². The van der Waals surface area contributed by atoms with Crippen LogP contribution in [0.15, 0.2) is 16.6 Å². The van der Waals surface area contributed by atoms with Crippen LogP contribution >= 0.6 is 15.9 Å². The van der Waals surface area contributed by atoms with Crippen molar-refractivity contribution in [2.45, 2.75) is 13.3 Å². The van der Waals surface area contributed by atoms with E-state index in [2.05, 4.69) is 15.9 Å². The Morgan fingerprint density at radius 2 is 2.13 bits per heavy atom. The molecule has 0 aliphatic carbocycles. The van der Waals surface area contributed by atoms with Crippen molar-refractivity contribution in [1.82, 2.24) is 4.90 Å². The van der Waals surface area contributed by atoms with Gasteiger partial charge < -0.3 is 4.90 Å². The second-order valence-corrected chi connectivity index (χ2v) is 4.58. The van der Waals surface area contributed by atoms with Crippen molar-refractivity contribution in [3.63, 3.8) is 0 Å². The molecular weight excluding hydrogens is 261 g/mol. The van der Waals surface area contributed by atoms with Crippen LogP contribution in [0.2, 0.25) is 0 Å². The van der Waals surface area contributed by atoms with E-state index < -0.39 is 5.82 Å². The standard InChI is InChI=1S/C11H11BrFNO/c1-7-5-10(13)8(6-9(7)12)11(15)14-3-2-4-14/h5-6H,2-4H2,1H3. The van der Waals surface area contributed by atoms with Gasteiger partial charge >= 0.3 is 0 Å². The minimum absolute atomic E-state index is 0.159. The van der Waals surface area contributed by atoms with E-state index in [-0.39, 0.29) is 11.5 Å². The van der Waals surface area contributed by atoms with Gasteiger partial charge in [-0.3, -0.25) is 4.79 Å². The highest BCUT2D eigenvalue weighted by molar-refractivity contribution is 9.10. The zero-order valence-electron chi connectivity index (χ0n) is 8.39. The lowest BCUT2D eigenvalue weighted by Gasteiger charge is -2.31. The Hall–Kier alpha value is -0.900. The Balaban J connectivity index is 2.34. The van der Waals surface area contributed by atoms with Crippen molar-refractivity contribution < 1.29 is 9.18 Å². The van der Waals surface area contributed by atoms with Gasteiger partial charge in [0.15, 0.2) is 0 Å². The number of benzene rings is 1. The monoisotopic (exact) mass is 271 g/mol. The molecule has 80 valence electrons. The molecule has 2 rings (SSSR count). The van der Waals surface area contributed by atoms with E-state index in [9.17, 15) is 9.18 Å². The van der Waals surface area contributed by atoms with Crippen molar-refractivity contribution in [3.8, 4) is 0 Å². The topological polar surface area (TPSA) is 20.3 Å². The summed E-state index contributed by atoms with van der Waals surface area (Å²) in [4.78, 5) is 13.4. The van der Waals surface area contributed by atoms with Crippen molar-refractivity contribution in [3.05, 3.63) is 33.5 Å². The molecular formula is C11H11BrFNO. The summed E-state index contributed by atoms with van der Waals surface area (Å²) in [5.41, 5.74) is 0.958. The molecule has 1 saturated heterocycles. The highest BCUT2D eigenvalue weighted by Gasteiger charge is 2.24. The fourth-order valence-corrected chi connectivity index (χ4v) is 1.84. The summed E-state index contributed by atoms with van der Waals surface area (Å²) >= 11 is 3.30. The van der Waals surface area contributed by atoms with Crippen LogP contribution in [0.5, 0.6) is 0 Å². The first-order chi connectivity index (χ1) is 7.09. The molecule has 0 atom stereocenters. The Bertz CT molecular complexity index is 415. The number of halogens is 2. The second-order valence-electron chi connectivity index (χ2n) is 3.73. The zero-order chi connectivity index (χ0) is 11.0. The molecule has 0 unspecified atom stereocenters. The highest BCUT2D eigenvalue weighted by Crippen LogP contribution is 2.23. The maximum Gasteiger partial charge on any atom is 0.256 e. The normalized spacial score (nSPS) is 15.0. The number of hydrogen-bond donors (Lipinski definition) is 0. The van der Waals surface area contributed by atoms with E-state index in [4.69, 9.17) is 0 Å². The first-order valence-corrected chi connectivity index (χ1v) is 5.64. The lowest BCUT2D eigenvalue weighted by molar-refractivity contribution is 0.0647. The zero-order valence-corrected chi connectivity index (χ0v) is 9.97. The third-order valence-corrected chi connectivity index (χ3v) is 3.48. The smallest absolute Gasteiger partial charge is 0.256 e. The maximum atomic E-state index is 13.5. The van der Waals surface area contributed by atoms with Gasteiger partial charge in [-0.05, 0) is 31.0 Å². The average Bonchev–Trinajstić information content (AvgIpc) is 2.08. The third kappa shape index (κ3) is 1.91.